The number of esters is 1. The number of ether oxygens (including phenoxy) is 4. The van der Waals surface area contributed by atoms with Gasteiger partial charge in [-0.1, -0.05) is 0 Å². The lowest BCUT2D eigenvalue weighted by atomic mass is 10.2. The van der Waals surface area contributed by atoms with Gasteiger partial charge in [0, 0.05) is 18.8 Å². The van der Waals surface area contributed by atoms with Crippen molar-refractivity contribution in [1.29, 1.82) is 0 Å². The Hall–Kier alpha value is -1.93. The van der Waals surface area contributed by atoms with Crippen LogP contribution < -0.4 is 0 Å². The summed E-state index contributed by atoms with van der Waals surface area (Å²) in [6.45, 7) is 0.720. The number of allylic oxidation sites excluding steroid dienone is 3. The molecule has 1 atom stereocenters. The Morgan fingerprint density at radius 1 is 1.50 bits per heavy atom. The van der Waals surface area contributed by atoms with Crippen LogP contribution in [0.25, 0.3) is 0 Å². The largest absolute Gasteiger partial charge is 0.466 e. The van der Waals surface area contributed by atoms with Gasteiger partial charge in [-0.25, -0.2) is 4.79 Å². The minimum atomic E-state index is -0.430. The van der Waals surface area contributed by atoms with Crippen LogP contribution in [0.3, 0.4) is 0 Å². The molecule has 0 aromatic carbocycles. The van der Waals surface area contributed by atoms with Crippen LogP contribution in [-0.2, 0) is 23.7 Å². The first kappa shape index (κ1) is 14.5. The predicted molar refractivity (Wildman–Crippen MR) is 71.0 cm³/mol. The lowest BCUT2D eigenvalue weighted by molar-refractivity contribution is -0.135. The van der Waals surface area contributed by atoms with E-state index in [1.165, 1.54) is 13.2 Å². The standard InChI is InChI=1S/C15H18O5/c1-17-14(16)11-13-6-4-5-12(20-13)8-10-19-15-7-2-3-9-18-15/h5,11,15H,2-4,6-7,9H2,1H3/b13-11-. The average molecular weight is 278 g/mol. The van der Waals surface area contributed by atoms with Gasteiger partial charge >= 0.3 is 5.97 Å². The van der Waals surface area contributed by atoms with E-state index in [9.17, 15) is 4.79 Å². The number of carbonyl (C=O) groups is 1. The van der Waals surface area contributed by atoms with E-state index in [2.05, 4.69) is 16.8 Å². The molecule has 5 heteroatoms. The van der Waals surface area contributed by atoms with Crippen LogP contribution in [-0.4, -0.2) is 26.0 Å². The molecule has 2 heterocycles. The molecular formula is C15H18O5. The Balaban J connectivity index is 1.85. The van der Waals surface area contributed by atoms with Crippen LogP contribution in [0, 0.1) is 12.0 Å². The zero-order valence-corrected chi connectivity index (χ0v) is 11.5. The summed E-state index contributed by atoms with van der Waals surface area (Å²) in [7, 11) is 1.33. The molecule has 5 nitrogen and oxygen atoms in total. The van der Waals surface area contributed by atoms with Crippen LogP contribution in [0.4, 0.5) is 0 Å². The fraction of sp³-hybridized carbons (Fsp3) is 0.533. The maximum atomic E-state index is 11.1. The highest BCUT2D eigenvalue weighted by molar-refractivity contribution is 5.82. The fourth-order valence-corrected chi connectivity index (χ4v) is 1.90. The molecule has 0 aromatic heterocycles. The van der Waals surface area contributed by atoms with E-state index < -0.39 is 5.97 Å². The molecule has 2 rings (SSSR count). The summed E-state index contributed by atoms with van der Waals surface area (Å²) in [5.74, 6) is 3.40. The van der Waals surface area contributed by atoms with Crippen molar-refractivity contribution in [3.8, 4) is 12.0 Å². The smallest absolute Gasteiger partial charge is 0.333 e. The molecule has 0 amide bonds. The van der Waals surface area contributed by atoms with Crippen molar-refractivity contribution in [2.24, 2.45) is 0 Å². The second-order valence-electron chi connectivity index (χ2n) is 4.48. The van der Waals surface area contributed by atoms with Crippen LogP contribution in [0.1, 0.15) is 32.1 Å². The van der Waals surface area contributed by atoms with E-state index in [4.69, 9.17) is 14.2 Å². The van der Waals surface area contributed by atoms with E-state index >= 15 is 0 Å². The highest BCUT2D eigenvalue weighted by Crippen LogP contribution is 2.19. The molecule has 1 unspecified atom stereocenters. The van der Waals surface area contributed by atoms with Crippen molar-refractivity contribution >= 4 is 5.97 Å². The van der Waals surface area contributed by atoms with Crippen LogP contribution in [0.15, 0.2) is 23.7 Å². The van der Waals surface area contributed by atoms with Gasteiger partial charge in [-0.05, 0) is 25.3 Å². The second kappa shape index (κ2) is 7.61. The summed E-state index contributed by atoms with van der Waals surface area (Å²) in [4.78, 5) is 11.1. The Morgan fingerprint density at radius 3 is 3.15 bits per heavy atom. The van der Waals surface area contributed by atoms with Gasteiger partial charge in [0.15, 0.2) is 5.76 Å². The van der Waals surface area contributed by atoms with Gasteiger partial charge in [-0.2, -0.15) is 0 Å². The first-order valence-corrected chi connectivity index (χ1v) is 6.73. The monoisotopic (exact) mass is 278 g/mol. The van der Waals surface area contributed by atoms with Crippen LogP contribution >= 0.6 is 0 Å². The molecule has 0 radical (unpaired) electrons. The van der Waals surface area contributed by atoms with Crippen LogP contribution in [0.2, 0.25) is 0 Å². The third-order valence-corrected chi connectivity index (χ3v) is 2.94. The van der Waals surface area contributed by atoms with E-state index in [0.29, 0.717) is 17.9 Å². The highest BCUT2D eigenvalue weighted by Gasteiger charge is 2.14. The summed E-state index contributed by atoms with van der Waals surface area (Å²) in [5, 5.41) is 0. The Bertz CT molecular complexity index is 460. The number of carbonyl (C=O) groups excluding carboxylic acids is 1. The van der Waals surface area contributed by atoms with Crippen molar-refractivity contribution in [2.45, 2.75) is 38.4 Å². The molecule has 1 saturated heterocycles. The fourth-order valence-electron chi connectivity index (χ4n) is 1.90. The molecule has 0 aliphatic carbocycles. The summed E-state index contributed by atoms with van der Waals surface area (Å²) >= 11 is 0. The van der Waals surface area contributed by atoms with E-state index in [0.717, 1.165) is 32.3 Å². The summed E-state index contributed by atoms with van der Waals surface area (Å²) in [6.07, 6.45) is 10.0. The molecule has 1 fully saturated rings. The van der Waals surface area contributed by atoms with E-state index in [1.54, 1.807) is 0 Å². The first-order chi connectivity index (χ1) is 9.78. The van der Waals surface area contributed by atoms with Gasteiger partial charge in [0.05, 0.1) is 19.8 Å². The van der Waals surface area contributed by atoms with Crippen LogP contribution in [0.5, 0.6) is 0 Å². The molecule has 2 aliphatic heterocycles. The van der Waals surface area contributed by atoms with Gasteiger partial charge in [0.1, 0.15) is 11.9 Å². The van der Waals surface area contributed by atoms with Crippen molar-refractivity contribution in [1.82, 2.24) is 0 Å². The molecule has 0 spiro atoms. The molecule has 0 saturated carbocycles. The minimum Gasteiger partial charge on any atom is -0.466 e. The molecule has 0 N–H and O–H groups in total. The third-order valence-electron chi connectivity index (χ3n) is 2.94. The van der Waals surface area contributed by atoms with Crippen molar-refractivity contribution in [2.75, 3.05) is 13.7 Å². The number of methoxy groups -OCH3 is 1. The molecular weight excluding hydrogens is 260 g/mol. The molecule has 0 aromatic rings. The topological polar surface area (TPSA) is 54.0 Å². The molecule has 108 valence electrons. The maximum Gasteiger partial charge on any atom is 0.333 e. The van der Waals surface area contributed by atoms with Gasteiger partial charge in [0.2, 0.25) is 6.29 Å². The van der Waals surface area contributed by atoms with E-state index in [1.807, 2.05) is 6.08 Å². The average Bonchev–Trinajstić information content (AvgIpc) is 2.48. The number of rotatable bonds is 2. The molecule has 2 aliphatic rings. The van der Waals surface area contributed by atoms with Gasteiger partial charge in [0.25, 0.3) is 0 Å². The van der Waals surface area contributed by atoms with Crippen molar-refractivity contribution in [3.63, 3.8) is 0 Å². The molecule has 20 heavy (non-hydrogen) atoms. The van der Waals surface area contributed by atoms with E-state index in [-0.39, 0.29) is 6.29 Å². The number of hydrogen-bond donors (Lipinski definition) is 0. The zero-order chi connectivity index (χ0) is 14.2. The normalized spacial score (nSPS) is 23.9. The number of hydrogen-bond acceptors (Lipinski definition) is 5. The maximum absolute atomic E-state index is 11.1. The second-order valence-corrected chi connectivity index (χ2v) is 4.48. The minimum absolute atomic E-state index is 0.245. The summed E-state index contributed by atoms with van der Waals surface area (Å²) < 4.78 is 20.7. The lowest BCUT2D eigenvalue weighted by Gasteiger charge is -2.19. The third kappa shape index (κ3) is 4.63. The SMILES string of the molecule is COC(=O)/C=C1/CCC=C(C#COC2CCCCO2)O1. The predicted octanol–water partition coefficient (Wildman–Crippen LogP) is 2.24. The zero-order valence-electron chi connectivity index (χ0n) is 11.5. The molecule has 0 bridgehead atoms. The summed E-state index contributed by atoms with van der Waals surface area (Å²) in [5.41, 5.74) is 0. The van der Waals surface area contributed by atoms with Gasteiger partial charge in [-0.3, -0.25) is 0 Å². The Labute approximate surface area is 118 Å². The first-order valence-electron chi connectivity index (χ1n) is 6.73. The lowest BCUT2D eigenvalue weighted by Crippen LogP contribution is -2.20. The summed E-state index contributed by atoms with van der Waals surface area (Å²) in [6, 6.07) is 0. The van der Waals surface area contributed by atoms with Crippen molar-refractivity contribution in [3.05, 3.63) is 23.7 Å². The Kier molecular flexibility index (Phi) is 5.51. The Morgan fingerprint density at radius 2 is 2.40 bits per heavy atom. The van der Waals surface area contributed by atoms with Crippen molar-refractivity contribution < 1.29 is 23.7 Å². The quantitative estimate of drug-likeness (QED) is 0.440. The van der Waals surface area contributed by atoms with Gasteiger partial charge < -0.3 is 18.9 Å². The highest BCUT2D eigenvalue weighted by atomic mass is 16.7. The van der Waals surface area contributed by atoms with Gasteiger partial charge in [-0.15, -0.1) is 0 Å².